The Bertz CT molecular complexity index is 401. The maximum Gasteiger partial charge on any atom is 0.149 e. The van der Waals surface area contributed by atoms with Gasteiger partial charge in [0.2, 0.25) is 0 Å². The van der Waals surface area contributed by atoms with Gasteiger partial charge in [-0.25, -0.2) is 4.98 Å². The highest BCUT2D eigenvalue weighted by molar-refractivity contribution is 7.10. The van der Waals surface area contributed by atoms with Crippen LogP contribution in [0.2, 0.25) is 0 Å². The molecule has 1 heterocycles. The maximum atomic E-state index is 11.5. The van der Waals surface area contributed by atoms with Crippen LogP contribution in [0.3, 0.4) is 0 Å². The summed E-state index contributed by atoms with van der Waals surface area (Å²) in [6, 6.07) is -0.471. The number of aliphatic hydroxyl groups excluding tert-OH is 1. The van der Waals surface area contributed by atoms with Gasteiger partial charge in [0.1, 0.15) is 10.8 Å². The Balaban J connectivity index is 2.70. The van der Waals surface area contributed by atoms with Crippen molar-refractivity contribution in [2.45, 2.75) is 26.0 Å². The average molecular weight is 268 g/mol. The largest absolute Gasteiger partial charge is 0.390 e. The van der Waals surface area contributed by atoms with Crippen molar-refractivity contribution in [2.24, 2.45) is 5.92 Å². The molecule has 0 fully saturated rings. The molecule has 3 atom stereocenters. The number of carbonyl (C=O) groups is 1. The number of Topliss-reactive ketones (excluding diaryl/α,β-unsaturated/α-hetero) is 1. The zero-order valence-corrected chi connectivity index (χ0v) is 12.0. The summed E-state index contributed by atoms with van der Waals surface area (Å²) >= 11 is 1.54. The van der Waals surface area contributed by atoms with Gasteiger partial charge in [0.05, 0.1) is 12.1 Å². The van der Waals surface area contributed by atoms with E-state index in [-0.39, 0.29) is 11.7 Å². The molecule has 0 aliphatic carbocycles. The molecular formula is C13H20N2O2S. The van der Waals surface area contributed by atoms with Crippen molar-refractivity contribution in [1.29, 1.82) is 0 Å². The number of aliphatic hydroxyl groups is 1. The summed E-state index contributed by atoms with van der Waals surface area (Å²) in [4.78, 5) is 17.4. The molecule has 0 bridgehead atoms. The molecule has 0 aliphatic heterocycles. The fourth-order valence-corrected chi connectivity index (χ4v) is 2.40. The number of carbonyl (C=O) groups excluding carboxylic acids is 1. The van der Waals surface area contributed by atoms with Crippen LogP contribution < -0.4 is 0 Å². The molecule has 1 N–H and O–H groups in total. The number of nitrogens with zero attached hydrogens (tertiary/aromatic N) is 2. The van der Waals surface area contributed by atoms with E-state index < -0.39 is 12.1 Å². The zero-order valence-electron chi connectivity index (χ0n) is 11.2. The first kappa shape index (κ1) is 15.0. The minimum absolute atomic E-state index is 0.0259. The molecule has 0 radical (unpaired) electrons. The molecule has 0 aromatic carbocycles. The molecule has 0 saturated heterocycles. The molecule has 0 saturated carbocycles. The highest BCUT2D eigenvalue weighted by Crippen LogP contribution is 2.16. The first-order chi connectivity index (χ1) is 8.43. The van der Waals surface area contributed by atoms with Gasteiger partial charge in [-0.3, -0.25) is 9.69 Å². The van der Waals surface area contributed by atoms with Crippen molar-refractivity contribution in [3.8, 4) is 0 Å². The Kier molecular flexibility index (Phi) is 5.65. The van der Waals surface area contributed by atoms with Crippen LogP contribution in [0.5, 0.6) is 0 Å². The minimum atomic E-state index is -0.714. The Labute approximate surface area is 112 Å². The van der Waals surface area contributed by atoms with Crippen LogP contribution in [-0.4, -0.2) is 47.0 Å². The van der Waals surface area contributed by atoms with E-state index in [1.165, 1.54) is 6.92 Å². The van der Waals surface area contributed by atoms with E-state index in [1.54, 1.807) is 36.5 Å². The normalized spacial score (nSPS) is 17.0. The van der Waals surface area contributed by atoms with Crippen LogP contribution in [0.15, 0.2) is 17.7 Å². The molecule has 1 aromatic heterocycles. The molecule has 4 nitrogen and oxygen atoms in total. The fourth-order valence-electron chi connectivity index (χ4n) is 1.86. The van der Waals surface area contributed by atoms with Crippen molar-refractivity contribution in [3.05, 3.63) is 22.7 Å². The Morgan fingerprint density at radius 1 is 1.56 bits per heavy atom. The van der Waals surface area contributed by atoms with Gasteiger partial charge >= 0.3 is 0 Å². The molecule has 0 aliphatic rings. The van der Waals surface area contributed by atoms with Crippen LogP contribution in [-0.2, 0) is 4.79 Å². The van der Waals surface area contributed by atoms with Gasteiger partial charge in [0.15, 0.2) is 0 Å². The third-order valence-corrected chi connectivity index (χ3v) is 3.57. The van der Waals surface area contributed by atoms with E-state index in [4.69, 9.17) is 0 Å². The van der Waals surface area contributed by atoms with Crippen molar-refractivity contribution < 1.29 is 9.90 Å². The maximum absolute atomic E-state index is 11.5. The number of hydrogen-bond acceptors (Lipinski definition) is 5. The Morgan fingerprint density at radius 2 is 2.22 bits per heavy atom. The molecule has 1 rings (SSSR count). The van der Waals surface area contributed by atoms with Gasteiger partial charge in [-0.1, -0.05) is 13.0 Å². The van der Waals surface area contributed by atoms with Crippen molar-refractivity contribution in [2.75, 3.05) is 14.1 Å². The number of likely N-dealkylation sites (N-methyl/N-ethyl adjacent to an activating group) is 1. The van der Waals surface area contributed by atoms with Crippen LogP contribution in [0.4, 0.5) is 0 Å². The second kappa shape index (κ2) is 6.78. The number of rotatable bonds is 6. The molecule has 18 heavy (non-hydrogen) atoms. The minimum Gasteiger partial charge on any atom is -0.390 e. The quantitative estimate of drug-likeness (QED) is 0.853. The summed E-state index contributed by atoms with van der Waals surface area (Å²) in [6.07, 6.45) is 4.80. The molecule has 1 aromatic rings. The van der Waals surface area contributed by atoms with E-state index in [0.717, 1.165) is 5.01 Å². The number of ketones is 1. The average Bonchev–Trinajstić information content (AvgIpc) is 2.77. The SMILES string of the molecule is CC(=O)[C@H]([C@H](O)[C@H](C)/C=C/c1nccs1)N(C)C. The summed E-state index contributed by atoms with van der Waals surface area (Å²) < 4.78 is 0. The highest BCUT2D eigenvalue weighted by atomic mass is 32.1. The summed E-state index contributed by atoms with van der Waals surface area (Å²) in [7, 11) is 3.60. The van der Waals surface area contributed by atoms with Crippen molar-refractivity contribution in [3.63, 3.8) is 0 Å². The van der Waals surface area contributed by atoms with E-state index in [1.807, 2.05) is 24.5 Å². The van der Waals surface area contributed by atoms with Gasteiger partial charge in [-0.2, -0.15) is 0 Å². The summed E-state index contributed by atoms with van der Waals surface area (Å²) in [6.45, 7) is 3.40. The van der Waals surface area contributed by atoms with Crippen LogP contribution >= 0.6 is 11.3 Å². The first-order valence-corrected chi connectivity index (χ1v) is 6.74. The van der Waals surface area contributed by atoms with Gasteiger partial charge in [0, 0.05) is 17.5 Å². The number of aromatic nitrogens is 1. The molecule has 5 heteroatoms. The molecule has 0 spiro atoms. The topological polar surface area (TPSA) is 53.4 Å². The van der Waals surface area contributed by atoms with Crippen LogP contribution in [0.25, 0.3) is 6.08 Å². The zero-order chi connectivity index (χ0) is 13.7. The lowest BCUT2D eigenvalue weighted by molar-refractivity contribution is -0.125. The number of hydrogen-bond donors (Lipinski definition) is 1. The van der Waals surface area contributed by atoms with E-state index in [2.05, 4.69) is 4.98 Å². The van der Waals surface area contributed by atoms with Gasteiger partial charge in [-0.15, -0.1) is 11.3 Å². The summed E-state index contributed by atoms with van der Waals surface area (Å²) in [5, 5.41) is 13.0. The summed E-state index contributed by atoms with van der Waals surface area (Å²) in [5.41, 5.74) is 0. The predicted molar refractivity (Wildman–Crippen MR) is 74.5 cm³/mol. The van der Waals surface area contributed by atoms with E-state index >= 15 is 0 Å². The summed E-state index contributed by atoms with van der Waals surface area (Å²) in [5.74, 6) is -0.132. The molecule has 0 amide bonds. The monoisotopic (exact) mass is 268 g/mol. The lowest BCUT2D eigenvalue weighted by Gasteiger charge is -2.29. The highest BCUT2D eigenvalue weighted by Gasteiger charge is 2.28. The van der Waals surface area contributed by atoms with Crippen molar-refractivity contribution in [1.82, 2.24) is 9.88 Å². The lowest BCUT2D eigenvalue weighted by atomic mass is 9.94. The fraction of sp³-hybridized carbons (Fsp3) is 0.538. The predicted octanol–water partition coefficient (Wildman–Crippen LogP) is 1.67. The molecule has 0 unspecified atom stereocenters. The van der Waals surface area contributed by atoms with E-state index in [0.29, 0.717) is 0 Å². The second-order valence-electron chi connectivity index (χ2n) is 4.60. The third-order valence-electron chi connectivity index (χ3n) is 2.83. The van der Waals surface area contributed by atoms with Gasteiger partial charge in [-0.05, 0) is 27.1 Å². The van der Waals surface area contributed by atoms with E-state index in [9.17, 15) is 9.90 Å². The Morgan fingerprint density at radius 3 is 2.67 bits per heavy atom. The Hall–Kier alpha value is -1.04. The standard InChI is InChI=1S/C13H20N2O2S/c1-9(5-6-11-14-7-8-18-11)13(17)12(10(2)16)15(3)4/h5-9,12-13,17H,1-4H3/b6-5+/t9-,12-,13-/m1/s1. The van der Waals surface area contributed by atoms with Crippen LogP contribution in [0, 0.1) is 5.92 Å². The third kappa shape index (κ3) is 4.01. The van der Waals surface area contributed by atoms with Gasteiger partial charge in [0.25, 0.3) is 0 Å². The number of thiazole rings is 1. The molecular weight excluding hydrogens is 248 g/mol. The van der Waals surface area contributed by atoms with Gasteiger partial charge < -0.3 is 5.11 Å². The first-order valence-electron chi connectivity index (χ1n) is 5.86. The van der Waals surface area contributed by atoms with Crippen LogP contribution in [0.1, 0.15) is 18.9 Å². The lowest BCUT2D eigenvalue weighted by Crippen LogP contribution is -2.46. The van der Waals surface area contributed by atoms with Crippen molar-refractivity contribution >= 4 is 23.2 Å². The molecule has 100 valence electrons. The second-order valence-corrected chi connectivity index (χ2v) is 5.52. The smallest absolute Gasteiger partial charge is 0.149 e.